The summed E-state index contributed by atoms with van der Waals surface area (Å²) in [4.78, 5) is 29.0. The summed E-state index contributed by atoms with van der Waals surface area (Å²) in [6.45, 7) is 1.44. The van der Waals surface area contributed by atoms with E-state index in [1.54, 1.807) is 28.8 Å². The molecule has 2 fully saturated rings. The number of fused-ring (bicyclic) bond motifs is 1. The highest BCUT2D eigenvalue weighted by molar-refractivity contribution is 6.04. The van der Waals surface area contributed by atoms with Crippen molar-refractivity contribution in [3.05, 3.63) is 42.2 Å². The van der Waals surface area contributed by atoms with E-state index in [-0.39, 0.29) is 17.9 Å². The molecule has 178 valence electrons. The molecule has 10 heteroatoms. The molecule has 6 N–H and O–H groups in total. The van der Waals surface area contributed by atoms with Gasteiger partial charge in [0.05, 0.1) is 11.9 Å². The summed E-state index contributed by atoms with van der Waals surface area (Å²) in [5, 5.41) is 17.4. The third-order valence-electron chi connectivity index (χ3n) is 6.20. The lowest BCUT2D eigenvalue weighted by atomic mass is 9.92. The molecule has 2 heterocycles. The number of imidazole rings is 1. The quantitative estimate of drug-likeness (QED) is 0.363. The van der Waals surface area contributed by atoms with Crippen LogP contribution in [0.15, 0.2) is 36.5 Å². The molecule has 2 aliphatic carbocycles. The Morgan fingerprint density at radius 1 is 0.971 bits per heavy atom. The zero-order chi connectivity index (χ0) is 23.7. The number of carbonyl (C=O) groups is 2. The monoisotopic (exact) mass is 462 g/mol. The van der Waals surface area contributed by atoms with Crippen LogP contribution in [0.5, 0.6) is 0 Å². The van der Waals surface area contributed by atoms with Crippen molar-refractivity contribution in [2.24, 2.45) is 5.73 Å². The number of hydrogen-bond acceptors (Lipinski definition) is 7. The maximum absolute atomic E-state index is 13.2. The first-order chi connectivity index (χ1) is 16.4. The lowest BCUT2D eigenvalue weighted by molar-refractivity contribution is -0.114. The predicted molar refractivity (Wildman–Crippen MR) is 132 cm³/mol. The lowest BCUT2D eigenvalue weighted by Gasteiger charge is -2.27. The molecular formula is C24H30N8O2. The van der Waals surface area contributed by atoms with E-state index in [9.17, 15) is 9.59 Å². The molecule has 0 spiro atoms. The Kier molecular flexibility index (Phi) is 6.06. The number of hydrogen-bond donors (Lipinski definition) is 5. The molecule has 0 atom stereocenters. The molecule has 0 unspecified atom stereocenters. The summed E-state index contributed by atoms with van der Waals surface area (Å²) in [6.07, 6.45) is 7.75. The fourth-order valence-corrected chi connectivity index (χ4v) is 4.29. The minimum Gasteiger partial charge on any atom is -0.379 e. The summed E-state index contributed by atoms with van der Waals surface area (Å²) < 4.78 is 1.59. The molecule has 5 rings (SSSR count). The second kappa shape index (κ2) is 9.30. The van der Waals surface area contributed by atoms with Gasteiger partial charge < -0.3 is 27.0 Å². The molecule has 0 saturated heterocycles. The topological polar surface area (TPSA) is 138 Å². The standard InChI is InChI=1S/C24H30N8O2/c1-14(33)27-18-3-2-4-19(11-18)30-24(34)21-13-26-23-20(28-16-9-10-16)12-22(31-32(21)23)29-17-7-5-15(25)6-8-17/h2-4,11-13,15-17,28H,5-10,25H2,1H3,(H,27,33)(H,29,31)(H,30,34). The Labute approximate surface area is 197 Å². The van der Waals surface area contributed by atoms with Crippen LogP contribution in [0.4, 0.5) is 22.9 Å². The molecule has 2 aliphatic rings. The molecule has 3 aromatic rings. The van der Waals surface area contributed by atoms with E-state index in [0.717, 1.165) is 44.2 Å². The van der Waals surface area contributed by atoms with Gasteiger partial charge in [0, 0.05) is 42.5 Å². The maximum atomic E-state index is 13.2. The second-order valence-corrected chi connectivity index (χ2v) is 9.21. The molecule has 2 aromatic heterocycles. The van der Waals surface area contributed by atoms with E-state index in [0.29, 0.717) is 40.6 Å². The minimum absolute atomic E-state index is 0.176. The van der Waals surface area contributed by atoms with Crippen molar-refractivity contribution in [3.8, 4) is 0 Å². The fourth-order valence-electron chi connectivity index (χ4n) is 4.29. The zero-order valence-corrected chi connectivity index (χ0v) is 19.2. The van der Waals surface area contributed by atoms with Gasteiger partial charge in [0.15, 0.2) is 11.3 Å². The Hall–Kier alpha value is -3.66. The molecular weight excluding hydrogens is 432 g/mol. The number of nitrogens with one attached hydrogen (secondary N) is 4. The summed E-state index contributed by atoms with van der Waals surface area (Å²) in [7, 11) is 0. The van der Waals surface area contributed by atoms with Crippen molar-refractivity contribution < 1.29 is 9.59 Å². The zero-order valence-electron chi connectivity index (χ0n) is 19.2. The average Bonchev–Trinajstić information content (AvgIpc) is 3.50. The summed E-state index contributed by atoms with van der Waals surface area (Å²) in [5.74, 6) is 0.194. The predicted octanol–water partition coefficient (Wildman–Crippen LogP) is 3.20. The maximum Gasteiger partial charge on any atom is 0.276 e. The van der Waals surface area contributed by atoms with Crippen LogP contribution in [0, 0.1) is 0 Å². The summed E-state index contributed by atoms with van der Waals surface area (Å²) in [6, 6.07) is 9.98. The number of benzene rings is 1. The van der Waals surface area contributed by atoms with Crippen LogP contribution in [0.25, 0.3) is 5.65 Å². The Morgan fingerprint density at radius 3 is 2.35 bits per heavy atom. The number of amides is 2. The molecule has 1 aromatic carbocycles. The third-order valence-corrected chi connectivity index (χ3v) is 6.20. The van der Waals surface area contributed by atoms with Gasteiger partial charge in [-0.3, -0.25) is 9.59 Å². The number of nitrogens with zero attached hydrogens (tertiary/aromatic N) is 3. The number of anilines is 4. The van der Waals surface area contributed by atoms with E-state index in [2.05, 4.69) is 26.3 Å². The number of carbonyl (C=O) groups excluding carboxylic acids is 2. The van der Waals surface area contributed by atoms with Crippen LogP contribution in [-0.4, -0.2) is 44.5 Å². The van der Waals surface area contributed by atoms with E-state index in [1.807, 2.05) is 6.07 Å². The van der Waals surface area contributed by atoms with Crippen LogP contribution in [-0.2, 0) is 4.79 Å². The summed E-state index contributed by atoms with van der Waals surface area (Å²) in [5.41, 5.74) is 9.03. The number of aromatic nitrogens is 3. The van der Waals surface area contributed by atoms with Gasteiger partial charge in [-0.2, -0.15) is 0 Å². The molecule has 0 radical (unpaired) electrons. The first kappa shape index (κ1) is 22.1. The van der Waals surface area contributed by atoms with Gasteiger partial charge in [-0.05, 0) is 56.7 Å². The highest BCUT2D eigenvalue weighted by Gasteiger charge is 2.25. The molecule has 34 heavy (non-hydrogen) atoms. The molecule has 0 aliphatic heterocycles. The average molecular weight is 463 g/mol. The van der Waals surface area contributed by atoms with E-state index in [4.69, 9.17) is 10.8 Å². The normalized spacial score (nSPS) is 20.1. The first-order valence-corrected chi connectivity index (χ1v) is 11.8. The van der Waals surface area contributed by atoms with Crippen molar-refractivity contribution in [2.75, 3.05) is 21.3 Å². The van der Waals surface area contributed by atoms with Crippen LogP contribution >= 0.6 is 0 Å². The van der Waals surface area contributed by atoms with E-state index in [1.165, 1.54) is 13.1 Å². The van der Waals surface area contributed by atoms with E-state index < -0.39 is 0 Å². The minimum atomic E-state index is -0.335. The van der Waals surface area contributed by atoms with Crippen LogP contribution < -0.4 is 27.0 Å². The first-order valence-electron chi connectivity index (χ1n) is 11.8. The SMILES string of the molecule is CC(=O)Nc1cccc(NC(=O)c2cnc3c(NC4CC4)cc(NC4CCC(N)CC4)nn23)c1. The Morgan fingerprint density at radius 2 is 1.65 bits per heavy atom. The summed E-state index contributed by atoms with van der Waals surface area (Å²) >= 11 is 0. The molecule has 0 bridgehead atoms. The number of rotatable bonds is 7. The van der Waals surface area contributed by atoms with Gasteiger partial charge in [0.2, 0.25) is 5.91 Å². The van der Waals surface area contributed by atoms with Gasteiger partial charge >= 0.3 is 0 Å². The molecule has 2 amide bonds. The molecule has 10 nitrogen and oxygen atoms in total. The smallest absolute Gasteiger partial charge is 0.276 e. The van der Waals surface area contributed by atoms with Crippen molar-refractivity contribution in [1.82, 2.24) is 14.6 Å². The molecule has 2 saturated carbocycles. The largest absolute Gasteiger partial charge is 0.379 e. The van der Waals surface area contributed by atoms with Gasteiger partial charge in [-0.25, -0.2) is 9.50 Å². The van der Waals surface area contributed by atoms with Gasteiger partial charge in [0.25, 0.3) is 5.91 Å². The van der Waals surface area contributed by atoms with Crippen molar-refractivity contribution in [1.29, 1.82) is 0 Å². The van der Waals surface area contributed by atoms with Crippen molar-refractivity contribution in [2.45, 2.75) is 63.6 Å². The van der Waals surface area contributed by atoms with Crippen LogP contribution in [0.3, 0.4) is 0 Å². The van der Waals surface area contributed by atoms with Crippen molar-refractivity contribution >= 4 is 40.3 Å². The van der Waals surface area contributed by atoms with Gasteiger partial charge in [-0.1, -0.05) is 6.07 Å². The van der Waals surface area contributed by atoms with E-state index >= 15 is 0 Å². The fraction of sp³-hybridized carbons (Fsp3) is 0.417. The van der Waals surface area contributed by atoms with Gasteiger partial charge in [0.1, 0.15) is 5.82 Å². The van der Waals surface area contributed by atoms with Crippen molar-refractivity contribution in [3.63, 3.8) is 0 Å². The van der Waals surface area contributed by atoms with Gasteiger partial charge in [-0.15, -0.1) is 5.10 Å². The lowest BCUT2D eigenvalue weighted by Crippen LogP contribution is -2.33. The highest BCUT2D eigenvalue weighted by atomic mass is 16.2. The number of nitrogens with two attached hydrogens (primary N) is 1. The highest BCUT2D eigenvalue weighted by Crippen LogP contribution is 2.30. The van der Waals surface area contributed by atoms with Crippen LogP contribution in [0.2, 0.25) is 0 Å². The third kappa shape index (κ3) is 5.12. The van der Waals surface area contributed by atoms with Crippen LogP contribution in [0.1, 0.15) is 55.9 Å². The second-order valence-electron chi connectivity index (χ2n) is 9.21. The Balaban J connectivity index is 1.41. The Bertz CT molecular complexity index is 1210.